The van der Waals surface area contributed by atoms with E-state index in [1.807, 2.05) is 6.07 Å². The molecule has 3 nitrogen and oxygen atoms in total. The Balaban J connectivity index is 2.35. The zero-order valence-electron chi connectivity index (χ0n) is 12.4. The van der Waals surface area contributed by atoms with Crippen LogP contribution in [0.25, 0.3) is 0 Å². The Bertz CT molecular complexity index is 440. The Morgan fingerprint density at radius 3 is 2.68 bits per heavy atom. The summed E-state index contributed by atoms with van der Waals surface area (Å²) in [6, 6.07) is 2.50. The van der Waals surface area contributed by atoms with E-state index in [1.54, 1.807) is 0 Å². The molecule has 1 saturated heterocycles. The van der Waals surface area contributed by atoms with Crippen molar-refractivity contribution in [3.63, 3.8) is 0 Å². The number of halogens is 1. The Morgan fingerprint density at radius 1 is 1.32 bits per heavy atom. The number of hydrogen-bond donors (Lipinski definition) is 0. The van der Waals surface area contributed by atoms with Crippen LogP contribution in [0.4, 0.5) is 5.82 Å². The molecule has 1 aliphatic heterocycles. The van der Waals surface area contributed by atoms with Crippen molar-refractivity contribution in [1.82, 2.24) is 9.97 Å². The van der Waals surface area contributed by atoms with Crippen LogP contribution in [0.15, 0.2) is 6.07 Å². The van der Waals surface area contributed by atoms with Gasteiger partial charge in [0, 0.05) is 24.1 Å². The Kier molecular flexibility index (Phi) is 4.34. The molecule has 1 atom stereocenters. The summed E-state index contributed by atoms with van der Waals surface area (Å²) in [5.41, 5.74) is -0.0723. The van der Waals surface area contributed by atoms with Crippen molar-refractivity contribution in [1.29, 1.82) is 0 Å². The van der Waals surface area contributed by atoms with Gasteiger partial charge in [0.1, 0.15) is 16.8 Å². The molecule has 0 N–H and O–H groups in total. The van der Waals surface area contributed by atoms with Crippen LogP contribution in [0.2, 0.25) is 5.15 Å². The smallest absolute Gasteiger partial charge is 0.137 e. The second-order valence-corrected chi connectivity index (χ2v) is 6.76. The van der Waals surface area contributed by atoms with Crippen LogP contribution >= 0.6 is 11.6 Å². The minimum atomic E-state index is -0.0723. The molecule has 106 valence electrons. The lowest BCUT2D eigenvalue weighted by atomic mass is 9.95. The van der Waals surface area contributed by atoms with Gasteiger partial charge < -0.3 is 4.90 Å². The highest BCUT2D eigenvalue weighted by Crippen LogP contribution is 2.29. The van der Waals surface area contributed by atoms with E-state index in [1.165, 1.54) is 19.3 Å². The van der Waals surface area contributed by atoms with Gasteiger partial charge in [-0.05, 0) is 25.7 Å². The molecule has 1 fully saturated rings. The molecule has 0 saturated carbocycles. The van der Waals surface area contributed by atoms with Crippen LogP contribution in [0.3, 0.4) is 0 Å². The molecule has 2 rings (SSSR count). The summed E-state index contributed by atoms with van der Waals surface area (Å²) in [5, 5.41) is 0.551. The maximum atomic E-state index is 6.19. The molecule has 2 heterocycles. The first-order valence-corrected chi connectivity index (χ1v) is 7.61. The van der Waals surface area contributed by atoms with Gasteiger partial charge in [-0.3, -0.25) is 0 Å². The second kappa shape index (κ2) is 5.66. The number of hydrogen-bond acceptors (Lipinski definition) is 3. The number of aromatic nitrogens is 2. The van der Waals surface area contributed by atoms with E-state index < -0.39 is 0 Å². The van der Waals surface area contributed by atoms with Crippen LogP contribution < -0.4 is 4.90 Å². The minimum Gasteiger partial charge on any atom is -0.353 e. The van der Waals surface area contributed by atoms with Crippen LogP contribution in [-0.4, -0.2) is 22.6 Å². The average molecular weight is 282 g/mol. The predicted octanol–water partition coefficient (Wildman–Crippen LogP) is 4.20. The molecule has 1 unspecified atom stereocenters. The van der Waals surface area contributed by atoms with Gasteiger partial charge in [-0.15, -0.1) is 0 Å². The first kappa shape index (κ1) is 14.6. The van der Waals surface area contributed by atoms with Crippen molar-refractivity contribution in [3.8, 4) is 0 Å². The zero-order valence-corrected chi connectivity index (χ0v) is 13.2. The molecule has 0 aromatic carbocycles. The number of anilines is 1. The number of piperidine rings is 1. The fourth-order valence-electron chi connectivity index (χ4n) is 2.61. The van der Waals surface area contributed by atoms with Crippen LogP contribution in [0.1, 0.15) is 59.2 Å². The van der Waals surface area contributed by atoms with Crippen LogP contribution in [0.5, 0.6) is 0 Å². The Labute approximate surface area is 121 Å². The topological polar surface area (TPSA) is 29.0 Å². The summed E-state index contributed by atoms with van der Waals surface area (Å²) < 4.78 is 0. The predicted molar refractivity (Wildman–Crippen MR) is 81.0 cm³/mol. The van der Waals surface area contributed by atoms with Gasteiger partial charge in [0.05, 0.1) is 0 Å². The third kappa shape index (κ3) is 3.38. The third-order valence-corrected chi connectivity index (χ3v) is 3.94. The highest BCUT2D eigenvalue weighted by molar-refractivity contribution is 6.29. The van der Waals surface area contributed by atoms with E-state index in [0.29, 0.717) is 11.2 Å². The molecule has 0 bridgehead atoms. The second-order valence-electron chi connectivity index (χ2n) is 6.37. The van der Waals surface area contributed by atoms with E-state index in [2.05, 4.69) is 37.6 Å². The van der Waals surface area contributed by atoms with E-state index in [4.69, 9.17) is 16.6 Å². The first-order chi connectivity index (χ1) is 8.91. The molecule has 1 aromatic heterocycles. The molecule has 0 aliphatic carbocycles. The van der Waals surface area contributed by atoms with E-state index in [9.17, 15) is 0 Å². The quantitative estimate of drug-likeness (QED) is 0.761. The van der Waals surface area contributed by atoms with Crippen molar-refractivity contribution in [3.05, 3.63) is 17.0 Å². The van der Waals surface area contributed by atoms with Crippen molar-refractivity contribution in [2.75, 3.05) is 11.4 Å². The molecule has 0 spiro atoms. The highest BCUT2D eigenvalue weighted by Gasteiger charge is 2.25. The largest absolute Gasteiger partial charge is 0.353 e. The SMILES string of the molecule is CCC1CCCCN1c1cc(Cl)nc(C(C)(C)C)n1. The van der Waals surface area contributed by atoms with E-state index in [0.717, 1.165) is 24.6 Å². The maximum Gasteiger partial charge on any atom is 0.137 e. The molecule has 19 heavy (non-hydrogen) atoms. The summed E-state index contributed by atoms with van der Waals surface area (Å²) in [4.78, 5) is 11.5. The molecule has 1 aliphatic rings. The molecule has 0 amide bonds. The minimum absolute atomic E-state index is 0.0723. The van der Waals surface area contributed by atoms with Gasteiger partial charge in [-0.2, -0.15) is 0 Å². The van der Waals surface area contributed by atoms with Gasteiger partial charge in [0.25, 0.3) is 0 Å². The van der Waals surface area contributed by atoms with Crippen molar-refractivity contribution in [2.45, 2.75) is 64.8 Å². The summed E-state index contributed by atoms with van der Waals surface area (Å²) in [7, 11) is 0. The van der Waals surface area contributed by atoms with Crippen molar-refractivity contribution < 1.29 is 0 Å². The van der Waals surface area contributed by atoms with Gasteiger partial charge in [0.2, 0.25) is 0 Å². The Hall–Kier alpha value is -0.830. The van der Waals surface area contributed by atoms with E-state index in [-0.39, 0.29) is 5.41 Å². The van der Waals surface area contributed by atoms with Crippen molar-refractivity contribution in [2.24, 2.45) is 0 Å². The standard InChI is InChI=1S/C15H24ClN3/c1-5-11-8-6-7-9-19(11)13-10-12(16)17-14(18-13)15(2,3)4/h10-11H,5-9H2,1-4H3. The molecular weight excluding hydrogens is 258 g/mol. The van der Waals surface area contributed by atoms with Crippen LogP contribution in [0, 0.1) is 0 Å². The lowest BCUT2D eigenvalue weighted by Crippen LogP contribution is -2.40. The highest BCUT2D eigenvalue weighted by atomic mass is 35.5. The molecular formula is C15H24ClN3. The number of nitrogens with zero attached hydrogens (tertiary/aromatic N) is 3. The lowest BCUT2D eigenvalue weighted by molar-refractivity contribution is 0.444. The molecule has 1 aromatic rings. The average Bonchev–Trinajstić information content (AvgIpc) is 2.37. The third-order valence-electron chi connectivity index (χ3n) is 3.74. The number of rotatable bonds is 2. The van der Waals surface area contributed by atoms with Gasteiger partial charge in [-0.1, -0.05) is 39.3 Å². The molecule has 4 heteroatoms. The van der Waals surface area contributed by atoms with Gasteiger partial charge >= 0.3 is 0 Å². The van der Waals surface area contributed by atoms with Gasteiger partial charge in [-0.25, -0.2) is 9.97 Å². The van der Waals surface area contributed by atoms with Gasteiger partial charge in [0.15, 0.2) is 0 Å². The summed E-state index contributed by atoms with van der Waals surface area (Å²) >= 11 is 6.19. The fourth-order valence-corrected chi connectivity index (χ4v) is 2.79. The van der Waals surface area contributed by atoms with Crippen molar-refractivity contribution >= 4 is 17.4 Å². The summed E-state index contributed by atoms with van der Waals surface area (Å²) in [5.74, 6) is 1.83. The Morgan fingerprint density at radius 2 is 2.05 bits per heavy atom. The normalized spacial score (nSPS) is 20.7. The fraction of sp³-hybridized carbons (Fsp3) is 0.733. The zero-order chi connectivity index (χ0) is 14.0. The van der Waals surface area contributed by atoms with E-state index >= 15 is 0 Å². The summed E-state index contributed by atoms with van der Waals surface area (Å²) in [6.45, 7) is 9.69. The molecule has 0 radical (unpaired) electrons. The first-order valence-electron chi connectivity index (χ1n) is 7.23. The maximum absolute atomic E-state index is 6.19. The monoisotopic (exact) mass is 281 g/mol. The summed E-state index contributed by atoms with van der Waals surface area (Å²) in [6.07, 6.45) is 4.97. The van der Waals surface area contributed by atoms with Crippen LogP contribution in [-0.2, 0) is 5.41 Å². The lowest BCUT2D eigenvalue weighted by Gasteiger charge is -2.36.